The number of oxazole rings is 1. The third-order valence-electron chi connectivity index (χ3n) is 6.40. The van der Waals surface area contributed by atoms with Crippen LogP contribution in [0.2, 0.25) is 0 Å². The van der Waals surface area contributed by atoms with Gasteiger partial charge in [0.05, 0.1) is 0 Å². The molecule has 0 radical (unpaired) electrons. The van der Waals surface area contributed by atoms with Crippen molar-refractivity contribution in [2.45, 2.75) is 39.0 Å². The molecule has 6 nitrogen and oxygen atoms in total. The predicted molar refractivity (Wildman–Crippen MR) is 138 cm³/mol. The Morgan fingerprint density at radius 3 is 2.21 bits per heavy atom. The minimum absolute atomic E-state index is 0.0643. The van der Waals surface area contributed by atoms with Crippen molar-refractivity contribution in [1.29, 1.82) is 0 Å². The molecule has 1 saturated heterocycles. The number of carbonyl (C=O) groups is 1. The first-order valence-electron chi connectivity index (χ1n) is 12.1. The van der Waals surface area contributed by atoms with Gasteiger partial charge >= 0.3 is 0 Å². The molecule has 6 heteroatoms. The summed E-state index contributed by atoms with van der Waals surface area (Å²) in [7, 11) is 4.00. The van der Waals surface area contributed by atoms with Crippen molar-refractivity contribution in [2.75, 3.05) is 45.2 Å². The lowest BCUT2D eigenvalue weighted by Crippen LogP contribution is -2.33. The van der Waals surface area contributed by atoms with Crippen molar-refractivity contribution in [1.82, 2.24) is 15.2 Å². The van der Waals surface area contributed by atoms with Gasteiger partial charge in [0.15, 0.2) is 11.5 Å². The Labute approximate surface area is 203 Å². The second-order valence-corrected chi connectivity index (χ2v) is 10.3. The van der Waals surface area contributed by atoms with Crippen LogP contribution in [0.5, 0.6) is 0 Å². The smallest absolute Gasteiger partial charge is 0.273 e. The molecule has 4 rings (SSSR count). The lowest BCUT2D eigenvalue weighted by atomic mass is 9.87. The lowest BCUT2D eigenvalue weighted by molar-refractivity contribution is 0.0945. The van der Waals surface area contributed by atoms with Crippen LogP contribution in [0.25, 0.3) is 22.8 Å². The van der Waals surface area contributed by atoms with Crippen molar-refractivity contribution in [3.05, 3.63) is 59.8 Å². The summed E-state index contributed by atoms with van der Waals surface area (Å²) in [6, 6.07) is 16.2. The number of rotatable bonds is 7. The van der Waals surface area contributed by atoms with Crippen molar-refractivity contribution in [3.8, 4) is 22.8 Å². The third kappa shape index (κ3) is 5.50. The van der Waals surface area contributed by atoms with Crippen molar-refractivity contribution in [3.63, 3.8) is 0 Å². The molecule has 0 atom stereocenters. The second kappa shape index (κ2) is 10.0. The number of nitrogens with zero attached hydrogens (tertiary/aromatic N) is 3. The molecule has 0 saturated carbocycles. The molecule has 2 heterocycles. The summed E-state index contributed by atoms with van der Waals surface area (Å²) in [6.07, 6.45) is 2.48. The molecular weight excluding hydrogens is 424 g/mol. The Hall–Kier alpha value is -3.12. The summed E-state index contributed by atoms with van der Waals surface area (Å²) in [4.78, 5) is 22.2. The Bertz CT molecular complexity index is 1100. The Morgan fingerprint density at radius 2 is 1.62 bits per heavy atom. The quantitative estimate of drug-likeness (QED) is 0.525. The van der Waals surface area contributed by atoms with Gasteiger partial charge in [0, 0.05) is 44.0 Å². The van der Waals surface area contributed by atoms with E-state index in [9.17, 15) is 4.79 Å². The standard InChI is InChI=1S/C28H36N4O2/c1-28(2,3)22-12-8-21(9-13-22)27-30-24(26(33)29-16-19-32-17-6-7-18-32)25(34-27)20-10-14-23(15-11-20)31(4)5/h8-15H,6-7,16-19H2,1-5H3,(H,29,33). The Kier molecular flexibility index (Phi) is 7.08. The number of hydrogen-bond donors (Lipinski definition) is 1. The predicted octanol–water partition coefficient (Wildman–Crippen LogP) is 5.20. The summed E-state index contributed by atoms with van der Waals surface area (Å²) in [6.45, 7) is 10.2. The molecule has 1 N–H and O–H groups in total. The van der Waals surface area contributed by atoms with Crippen LogP contribution in [0, 0.1) is 0 Å². The van der Waals surface area contributed by atoms with Crippen LogP contribution in [-0.4, -0.2) is 56.1 Å². The highest BCUT2D eigenvalue weighted by Gasteiger charge is 2.23. The highest BCUT2D eigenvalue weighted by molar-refractivity contribution is 5.98. The van der Waals surface area contributed by atoms with E-state index < -0.39 is 0 Å². The summed E-state index contributed by atoms with van der Waals surface area (Å²) in [5, 5.41) is 3.05. The molecule has 34 heavy (non-hydrogen) atoms. The van der Waals surface area contributed by atoms with Gasteiger partial charge in [-0.15, -0.1) is 0 Å². The molecule has 0 aliphatic carbocycles. The zero-order valence-corrected chi connectivity index (χ0v) is 21.0. The van der Waals surface area contributed by atoms with Gasteiger partial charge in [-0.1, -0.05) is 32.9 Å². The van der Waals surface area contributed by atoms with Crippen molar-refractivity contribution >= 4 is 11.6 Å². The molecule has 1 fully saturated rings. The minimum Gasteiger partial charge on any atom is -0.435 e. The number of benzene rings is 2. The number of amides is 1. The maximum absolute atomic E-state index is 13.2. The average Bonchev–Trinajstić information content (AvgIpc) is 3.49. The molecule has 0 spiro atoms. The molecule has 2 aromatic carbocycles. The van der Waals surface area contributed by atoms with Crippen LogP contribution in [-0.2, 0) is 5.41 Å². The number of likely N-dealkylation sites (tertiary alicyclic amines) is 1. The van der Waals surface area contributed by atoms with Gasteiger partial charge in [0.1, 0.15) is 0 Å². The van der Waals surface area contributed by atoms with Gasteiger partial charge in [-0.25, -0.2) is 4.98 Å². The second-order valence-electron chi connectivity index (χ2n) is 10.3. The summed E-state index contributed by atoms with van der Waals surface area (Å²) in [5.74, 6) is 0.753. The number of hydrogen-bond acceptors (Lipinski definition) is 5. The fraction of sp³-hybridized carbons (Fsp3) is 0.429. The van der Waals surface area contributed by atoms with E-state index in [1.54, 1.807) is 0 Å². The summed E-state index contributed by atoms with van der Waals surface area (Å²) < 4.78 is 6.22. The molecule has 3 aromatic rings. The minimum atomic E-state index is -0.202. The first-order valence-corrected chi connectivity index (χ1v) is 12.1. The van der Waals surface area contributed by atoms with Gasteiger partial charge in [-0.05, 0) is 73.3 Å². The SMILES string of the molecule is CN(C)c1ccc(-c2oc(-c3ccc(C(C)(C)C)cc3)nc2C(=O)NCCN2CCCC2)cc1. The summed E-state index contributed by atoms with van der Waals surface area (Å²) >= 11 is 0. The molecule has 0 bridgehead atoms. The number of nitrogens with one attached hydrogen (secondary N) is 1. The average molecular weight is 461 g/mol. The molecule has 0 unspecified atom stereocenters. The third-order valence-corrected chi connectivity index (χ3v) is 6.40. The van der Waals surface area contributed by atoms with Gasteiger partial charge in [0.2, 0.25) is 5.89 Å². The van der Waals surface area contributed by atoms with Gasteiger partial charge in [-0.2, -0.15) is 0 Å². The van der Waals surface area contributed by atoms with E-state index in [0.717, 1.165) is 36.4 Å². The number of carbonyl (C=O) groups excluding carboxylic acids is 1. The first kappa shape index (κ1) is 24.0. The van der Waals surface area contributed by atoms with E-state index in [4.69, 9.17) is 4.42 Å². The topological polar surface area (TPSA) is 61.6 Å². The Balaban J connectivity index is 1.62. The number of aromatic nitrogens is 1. The van der Waals surface area contributed by atoms with E-state index in [-0.39, 0.29) is 11.3 Å². The van der Waals surface area contributed by atoms with Crippen LogP contribution < -0.4 is 10.2 Å². The maximum Gasteiger partial charge on any atom is 0.273 e. The first-order chi connectivity index (χ1) is 16.2. The highest BCUT2D eigenvalue weighted by atomic mass is 16.4. The van der Waals surface area contributed by atoms with Crippen molar-refractivity contribution in [2.24, 2.45) is 0 Å². The van der Waals surface area contributed by atoms with Gasteiger partial charge in [-0.3, -0.25) is 4.79 Å². The molecule has 180 valence electrons. The summed E-state index contributed by atoms with van der Waals surface area (Å²) in [5.41, 5.74) is 4.40. The molecule has 1 amide bonds. The van der Waals surface area contributed by atoms with Crippen molar-refractivity contribution < 1.29 is 9.21 Å². The molecule has 1 aromatic heterocycles. The van der Waals surface area contributed by atoms with E-state index in [1.807, 2.05) is 55.4 Å². The normalized spacial score (nSPS) is 14.4. The fourth-order valence-electron chi connectivity index (χ4n) is 4.23. The van der Waals surface area contributed by atoms with Gasteiger partial charge < -0.3 is 19.5 Å². The fourth-order valence-corrected chi connectivity index (χ4v) is 4.23. The van der Waals surface area contributed by atoms with E-state index in [2.05, 4.69) is 48.1 Å². The van der Waals surface area contributed by atoms with Crippen LogP contribution in [0.3, 0.4) is 0 Å². The van der Waals surface area contributed by atoms with Gasteiger partial charge in [0.25, 0.3) is 5.91 Å². The Morgan fingerprint density at radius 1 is 1.00 bits per heavy atom. The van der Waals surface area contributed by atoms with Crippen LogP contribution in [0.15, 0.2) is 52.9 Å². The lowest BCUT2D eigenvalue weighted by Gasteiger charge is -2.18. The molecule has 1 aliphatic heterocycles. The zero-order chi connectivity index (χ0) is 24.3. The van der Waals surface area contributed by atoms with E-state index >= 15 is 0 Å². The van der Waals surface area contributed by atoms with Crippen LogP contribution >= 0.6 is 0 Å². The largest absolute Gasteiger partial charge is 0.435 e. The van der Waals surface area contributed by atoms with Crippen LogP contribution in [0.1, 0.15) is 49.7 Å². The highest BCUT2D eigenvalue weighted by Crippen LogP contribution is 2.32. The van der Waals surface area contributed by atoms with E-state index in [0.29, 0.717) is 23.9 Å². The number of anilines is 1. The maximum atomic E-state index is 13.2. The van der Waals surface area contributed by atoms with E-state index in [1.165, 1.54) is 18.4 Å². The molecular formula is C28H36N4O2. The zero-order valence-electron chi connectivity index (χ0n) is 21.0. The monoisotopic (exact) mass is 460 g/mol. The van der Waals surface area contributed by atoms with Crippen LogP contribution in [0.4, 0.5) is 5.69 Å². The molecule has 1 aliphatic rings.